The van der Waals surface area contributed by atoms with Crippen LogP contribution in [-0.4, -0.2) is 26.5 Å². The summed E-state index contributed by atoms with van der Waals surface area (Å²) in [7, 11) is 0. The fourth-order valence-electron chi connectivity index (χ4n) is 3.00. The third kappa shape index (κ3) is 5.29. The highest BCUT2D eigenvalue weighted by Gasteiger charge is 2.12. The van der Waals surface area contributed by atoms with Gasteiger partial charge in [-0.2, -0.15) is 9.61 Å². The first-order chi connectivity index (χ1) is 15.9. The molecule has 0 saturated heterocycles. The molecular weight excluding hydrogens is 447 g/mol. The summed E-state index contributed by atoms with van der Waals surface area (Å²) in [6.45, 7) is 1.87. The number of fused-ring (bicyclic) bond motifs is 1. The number of hydrogen-bond donors (Lipinski definition) is 1. The fraction of sp³-hybridized carbons (Fsp3) is 0.174. The van der Waals surface area contributed by atoms with Gasteiger partial charge in [-0.3, -0.25) is 9.59 Å². The number of anilines is 1. The van der Waals surface area contributed by atoms with E-state index in [2.05, 4.69) is 15.4 Å². The number of esters is 1. The van der Waals surface area contributed by atoms with E-state index < -0.39 is 17.7 Å². The second-order valence-electron chi connectivity index (χ2n) is 7.14. The van der Waals surface area contributed by atoms with Crippen molar-refractivity contribution in [2.24, 2.45) is 0 Å². The average Bonchev–Trinajstić information content (AvgIpc) is 3.22. The number of carbonyl (C=O) groups excluding carboxylic acids is 2. The van der Waals surface area contributed by atoms with E-state index in [9.17, 15) is 18.8 Å². The van der Waals surface area contributed by atoms with Crippen molar-refractivity contribution < 1.29 is 18.7 Å². The Labute approximate surface area is 191 Å². The van der Waals surface area contributed by atoms with Gasteiger partial charge in [0, 0.05) is 23.7 Å². The smallest absolute Gasteiger partial charge is 0.338 e. The zero-order chi connectivity index (χ0) is 23.4. The molecule has 4 aromatic rings. The van der Waals surface area contributed by atoms with Crippen LogP contribution < -0.4 is 10.9 Å². The Morgan fingerprint density at radius 3 is 2.48 bits per heavy atom. The minimum atomic E-state index is -0.593. The van der Waals surface area contributed by atoms with E-state index in [1.807, 2.05) is 6.92 Å². The van der Waals surface area contributed by atoms with Crippen LogP contribution in [0.3, 0.4) is 0 Å². The summed E-state index contributed by atoms with van der Waals surface area (Å²) in [5.41, 5.74) is 1.06. The quantitative estimate of drug-likeness (QED) is 0.415. The Morgan fingerprint density at radius 2 is 1.79 bits per heavy atom. The third-order valence-corrected chi connectivity index (χ3v) is 5.61. The first kappa shape index (κ1) is 22.3. The van der Waals surface area contributed by atoms with Crippen molar-refractivity contribution in [3.05, 3.63) is 92.6 Å². The molecule has 0 radical (unpaired) electrons. The molecule has 0 unspecified atom stereocenters. The van der Waals surface area contributed by atoms with Crippen molar-refractivity contribution >= 4 is 33.9 Å². The molecule has 2 heterocycles. The molecule has 0 aliphatic rings. The molecule has 0 atom stereocenters. The lowest BCUT2D eigenvalue weighted by Crippen LogP contribution is -2.16. The third-order valence-electron chi connectivity index (χ3n) is 4.64. The predicted molar refractivity (Wildman–Crippen MR) is 121 cm³/mol. The summed E-state index contributed by atoms with van der Waals surface area (Å²) in [5, 5.41) is 7.74. The number of ether oxygens (including phenoxy) is 1. The Hall–Kier alpha value is -3.92. The number of carbonyl (C=O) groups is 2. The largest absolute Gasteiger partial charge is 0.456 e. The van der Waals surface area contributed by atoms with Crippen molar-refractivity contribution in [2.75, 3.05) is 5.32 Å². The molecule has 2 aromatic carbocycles. The van der Waals surface area contributed by atoms with Gasteiger partial charge in [-0.15, -0.1) is 0 Å². The molecule has 0 bridgehead atoms. The number of nitrogens with zero attached hydrogens (tertiary/aromatic N) is 3. The summed E-state index contributed by atoms with van der Waals surface area (Å²) < 4.78 is 19.5. The standard InChI is InChI=1S/C23H19FN4O4S/c1-2-3-19-27-28-20(29)12-18(26-23(28)33-19)13-32-22(31)15-6-10-17(11-7-15)25-21(30)14-4-8-16(24)9-5-14/h4-12H,2-3,13H2,1H3,(H,25,30). The molecular formula is C23H19FN4O4S. The minimum absolute atomic E-state index is 0.158. The number of amides is 1. The molecule has 2 aromatic heterocycles. The average molecular weight is 466 g/mol. The second-order valence-corrected chi connectivity index (χ2v) is 8.18. The van der Waals surface area contributed by atoms with E-state index in [0.29, 0.717) is 21.9 Å². The fourth-order valence-corrected chi connectivity index (χ4v) is 4.02. The maximum Gasteiger partial charge on any atom is 0.338 e. The number of benzene rings is 2. The zero-order valence-electron chi connectivity index (χ0n) is 17.6. The summed E-state index contributed by atoms with van der Waals surface area (Å²) >= 11 is 1.33. The van der Waals surface area contributed by atoms with Gasteiger partial charge in [0.2, 0.25) is 4.96 Å². The van der Waals surface area contributed by atoms with Crippen LogP contribution in [0, 0.1) is 5.82 Å². The number of rotatable bonds is 7. The van der Waals surface area contributed by atoms with Gasteiger partial charge in [-0.1, -0.05) is 18.3 Å². The molecule has 0 spiro atoms. The molecule has 0 fully saturated rings. The molecule has 10 heteroatoms. The van der Waals surface area contributed by atoms with Crippen LogP contribution >= 0.6 is 11.3 Å². The summed E-state index contributed by atoms with van der Waals surface area (Å²) in [5.74, 6) is -1.42. The number of hydrogen-bond acceptors (Lipinski definition) is 7. The van der Waals surface area contributed by atoms with Gasteiger partial charge >= 0.3 is 5.97 Å². The van der Waals surface area contributed by atoms with Crippen molar-refractivity contribution in [1.29, 1.82) is 0 Å². The first-order valence-corrected chi connectivity index (χ1v) is 11.0. The maximum absolute atomic E-state index is 13.0. The summed E-state index contributed by atoms with van der Waals surface area (Å²) in [6, 6.07) is 12.6. The van der Waals surface area contributed by atoms with E-state index in [1.165, 1.54) is 58.3 Å². The molecule has 0 aliphatic heterocycles. The summed E-state index contributed by atoms with van der Waals surface area (Å²) in [6.07, 6.45) is 1.67. The van der Waals surface area contributed by atoms with Crippen LogP contribution in [0.4, 0.5) is 10.1 Å². The molecule has 1 N–H and O–H groups in total. The zero-order valence-corrected chi connectivity index (χ0v) is 18.4. The Morgan fingerprint density at radius 1 is 1.09 bits per heavy atom. The number of aromatic nitrogens is 3. The van der Waals surface area contributed by atoms with Gasteiger partial charge in [0.15, 0.2) is 0 Å². The SMILES string of the molecule is CCCc1nn2c(=O)cc(COC(=O)c3ccc(NC(=O)c4ccc(F)cc4)cc3)nc2s1. The molecule has 0 saturated carbocycles. The lowest BCUT2D eigenvalue weighted by molar-refractivity contribution is 0.0467. The highest BCUT2D eigenvalue weighted by atomic mass is 32.1. The first-order valence-electron chi connectivity index (χ1n) is 10.2. The van der Waals surface area contributed by atoms with E-state index in [-0.39, 0.29) is 17.7 Å². The van der Waals surface area contributed by atoms with Gasteiger partial charge in [0.05, 0.1) is 11.3 Å². The molecule has 168 valence electrons. The summed E-state index contributed by atoms with van der Waals surface area (Å²) in [4.78, 5) is 41.6. The topological polar surface area (TPSA) is 103 Å². The number of halogens is 1. The highest BCUT2D eigenvalue weighted by Crippen LogP contribution is 2.15. The highest BCUT2D eigenvalue weighted by molar-refractivity contribution is 7.16. The van der Waals surface area contributed by atoms with Gasteiger partial charge in [0.1, 0.15) is 17.4 Å². The predicted octanol–water partition coefficient (Wildman–Crippen LogP) is 3.85. The minimum Gasteiger partial charge on any atom is -0.456 e. The number of nitrogens with one attached hydrogen (secondary N) is 1. The lowest BCUT2D eigenvalue weighted by Gasteiger charge is -2.07. The lowest BCUT2D eigenvalue weighted by atomic mass is 10.2. The van der Waals surface area contributed by atoms with E-state index in [1.54, 1.807) is 12.1 Å². The molecule has 33 heavy (non-hydrogen) atoms. The Bertz CT molecular complexity index is 1360. The van der Waals surface area contributed by atoms with E-state index >= 15 is 0 Å². The van der Waals surface area contributed by atoms with Crippen LogP contribution in [0.5, 0.6) is 0 Å². The van der Waals surface area contributed by atoms with Gasteiger partial charge in [0.25, 0.3) is 11.5 Å². The monoisotopic (exact) mass is 466 g/mol. The van der Waals surface area contributed by atoms with Crippen LogP contribution in [-0.2, 0) is 17.8 Å². The van der Waals surface area contributed by atoms with Crippen molar-refractivity contribution in [1.82, 2.24) is 14.6 Å². The Kier molecular flexibility index (Phi) is 6.55. The second kappa shape index (κ2) is 9.70. The van der Waals surface area contributed by atoms with Crippen molar-refractivity contribution in [2.45, 2.75) is 26.4 Å². The maximum atomic E-state index is 13.0. The molecule has 1 amide bonds. The van der Waals surface area contributed by atoms with Crippen molar-refractivity contribution in [3.8, 4) is 0 Å². The molecule has 8 nitrogen and oxygen atoms in total. The van der Waals surface area contributed by atoms with Crippen LogP contribution in [0.1, 0.15) is 44.8 Å². The van der Waals surface area contributed by atoms with Crippen LogP contribution in [0.2, 0.25) is 0 Å². The van der Waals surface area contributed by atoms with Gasteiger partial charge < -0.3 is 10.1 Å². The van der Waals surface area contributed by atoms with E-state index in [4.69, 9.17) is 4.74 Å². The van der Waals surface area contributed by atoms with Crippen LogP contribution in [0.15, 0.2) is 59.4 Å². The number of aryl methyl sites for hydroxylation is 1. The van der Waals surface area contributed by atoms with Gasteiger partial charge in [-0.05, 0) is 55.0 Å². The van der Waals surface area contributed by atoms with E-state index in [0.717, 1.165) is 17.8 Å². The molecule has 4 rings (SSSR count). The van der Waals surface area contributed by atoms with Crippen molar-refractivity contribution in [3.63, 3.8) is 0 Å². The molecule has 0 aliphatic carbocycles. The Balaban J connectivity index is 1.38. The normalized spacial score (nSPS) is 10.8. The van der Waals surface area contributed by atoms with Crippen LogP contribution in [0.25, 0.3) is 4.96 Å². The van der Waals surface area contributed by atoms with Gasteiger partial charge in [-0.25, -0.2) is 14.2 Å².